The number of likely N-dealkylation sites (tertiary alicyclic amines) is 1. The van der Waals surface area contributed by atoms with Gasteiger partial charge in [-0.15, -0.1) is 0 Å². The van der Waals surface area contributed by atoms with Gasteiger partial charge in [-0.05, 0) is 11.3 Å². The van der Waals surface area contributed by atoms with E-state index >= 15 is 0 Å². The van der Waals surface area contributed by atoms with Crippen LogP contribution in [0.2, 0.25) is 0 Å². The molecule has 3 rings (SSSR count). The van der Waals surface area contributed by atoms with Crippen LogP contribution in [0.5, 0.6) is 0 Å². The first kappa shape index (κ1) is 16.6. The molecule has 8 heteroatoms. The summed E-state index contributed by atoms with van der Waals surface area (Å²) in [6.07, 6.45) is 0. The lowest BCUT2D eigenvalue weighted by molar-refractivity contribution is -0.149. The van der Waals surface area contributed by atoms with Crippen LogP contribution in [0.1, 0.15) is 13.8 Å². The number of carbonyl (C=O) groups excluding carboxylic acids is 1. The van der Waals surface area contributed by atoms with Crippen LogP contribution in [0.15, 0.2) is 12.1 Å². The second-order valence-electron chi connectivity index (χ2n) is 6.88. The predicted octanol–water partition coefficient (Wildman–Crippen LogP) is 2.08. The van der Waals surface area contributed by atoms with E-state index in [4.69, 9.17) is 0 Å². The number of benzene rings is 1. The van der Waals surface area contributed by atoms with Gasteiger partial charge in [0, 0.05) is 24.6 Å². The molecule has 3 atom stereocenters. The van der Waals surface area contributed by atoms with Gasteiger partial charge in [-0.25, -0.2) is 18.0 Å². The van der Waals surface area contributed by atoms with E-state index in [-0.39, 0.29) is 17.3 Å². The Morgan fingerprint density at radius 1 is 1.29 bits per heavy atom. The van der Waals surface area contributed by atoms with Crippen LogP contribution in [0, 0.1) is 34.7 Å². The highest BCUT2D eigenvalue weighted by molar-refractivity contribution is 5.88. The average Bonchev–Trinajstić information content (AvgIpc) is 2.84. The minimum atomic E-state index is -1.15. The van der Waals surface area contributed by atoms with Crippen LogP contribution < -0.4 is 5.32 Å². The Morgan fingerprint density at radius 2 is 1.88 bits per heavy atom. The number of piperidine rings is 1. The molecule has 1 heterocycles. The largest absolute Gasteiger partial charge is 0.480 e. The van der Waals surface area contributed by atoms with E-state index in [2.05, 4.69) is 5.32 Å². The Morgan fingerprint density at radius 3 is 2.42 bits per heavy atom. The quantitative estimate of drug-likeness (QED) is 0.879. The van der Waals surface area contributed by atoms with Crippen molar-refractivity contribution in [3.8, 4) is 0 Å². The summed E-state index contributed by atoms with van der Waals surface area (Å²) in [4.78, 5) is 25.0. The SMILES string of the molecule is CC1(C)[C@@H]2[C@@H](C(=O)O)N(C(=O)CNc3c(F)cc(F)cc3F)C[C@@H]21. The minimum absolute atomic E-state index is 0.113. The van der Waals surface area contributed by atoms with Crippen molar-refractivity contribution in [2.45, 2.75) is 19.9 Å². The van der Waals surface area contributed by atoms with Crippen molar-refractivity contribution in [2.24, 2.45) is 17.3 Å². The maximum atomic E-state index is 13.6. The number of hydrogen-bond donors (Lipinski definition) is 2. The van der Waals surface area contributed by atoms with E-state index < -0.39 is 47.6 Å². The first-order valence-electron chi connectivity index (χ1n) is 7.55. The molecular formula is C16H17F3N2O3. The number of carbonyl (C=O) groups is 2. The van der Waals surface area contributed by atoms with Crippen LogP contribution in [-0.2, 0) is 9.59 Å². The van der Waals surface area contributed by atoms with Gasteiger partial charge >= 0.3 is 5.97 Å². The molecule has 0 spiro atoms. The van der Waals surface area contributed by atoms with E-state index in [1.807, 2.05) is 13.8 Å². The van der Waals surface area contributed by atoms with Crippen molar-refractivity contribution >= 4 is 17.6 Å². The van der Waals surface area contributed by atoms with E-state index in [1.54, 1.807) is 0 Å². The second kappa shape index (κ2) is 5.39. The molecule has 1 aromatic carbocycles. The number of fused-ring (bicyclic) bond motifs is 1. The van der Waals surface area contributed by atoms with Crippen LogP contribution in [0.4, 0.5) is 18.9 Å². The number of nitrogens with one attached hydrogen (secondary N) is 1. The molecule has 1 saturated heterocycles. The zero-order valence-corrected chi connectivity index (χ0v) is 13.1. The van der Waals surface area contributed by atoms with Gasteiger partial charge in [0.25, 0.3) is 0 Å². The van der Waals surface area contributed by atoms with Gasteiger partial charge in [0.1, 0.15) is 17.5 Å². The second-order valence-corrected chi connectivity index (χ2v) is 6.88. The van der Waals surface area contributed by atoms with Crippen molar-refractivity contribution in [1.82, 2.24) is 4.90 Å². The van der Waals surface area contributed by atoms with Gasteiger partial charge in [0.05, 0.1) is 6.54 Å². The molecule has 2 N–H and O–H groups in total. The van der Waals surface area contributed by atoms with E-state index in [9.17, 15) is 27.9 Å². The van der Waals surface area contributed by atoms with Crippen molar-refractivity contribution in [3.05, 3.63) is 29.6 Å². The topological polar surface area (TPSA) is 69.6 Å². The summed E-state index contributed by atoms with van der Waals surface area (Å²) in [6, 6.07) is 0.0784. The molecular weight excluding hydrogens is 325 g/mol. The van der Waals surface area contributed by atoms with E-state index in [1.165, 1.54) is 4.90 Å². The minimum Gasteiger partial charge on any atom is -0.480 e. The lowest BCUT2D eigenvalue weighted by Gasteiger charge is -2.28. The fourth-order valence-corrected chi connectivity index (χ4v) is 3.80. The molecule has 0 aromatic heterocycles. The Bertz CT molecular complexity index is 700. The Hall–Kier alpha value is -2.25. The van der Waals surface area contributed by atoms with Crippen molar-refractivity contribution < 1.29 is 27.9 Å². The molecule has 0 unspecified atom stereocenters. The summed E-state index contributed by atoms with van der Waals surface area (Å²) in [5.41, 5.74) is -0.732. The fourth-order valence-electron chi connectivity index (χ4n) is 3.80. The molecule has 1 amide bonds. The summed E-state index contributed by atoms with van der Waals surface area (Å²) >= 11 is 0. The number of carboxylic acids is 1. The number of anilines is 1. The third-order valence-corrected chi connectivity index (χ3v) is 5.21. The number of carboxylic acid groups (broad SMARTS) is 1. The third kappa shape index (κ3) is 2.50. The normalized spacial score (nSPS) is 26.9. The maximum absolute atomic E-state index is 13.6. The Kier molecular flexibility index (Phi) is 3.73. The van der Waals surface area contributed by atoms with Crippen LogP contribution >= 0.6 is 0 Å². The van der Waals surface area contributed by atoms with Gasteiger partial charge in [-0.2, -0.15) is 0 Å². The third-order valence-electron chi connectivity index (χ3n) is 5.21. The van der Waals surface area contributed by atoms with Crippen LogP contribution in [0.3, 0.4) is 0 Å². The number of amides is 1. The summed E-state index contributed by atoms with van der Waals surface area (Å²) in [6.45, 7) is 3.76. The highest BCUT2D eigenvalue weighted by Crippen LogP contribution is 2.64. The molecule has 0 radical (unpaired) electrons. The van der Waals surface area contributed by atoms with Gasteiger partial charge in [-0.1, -0.05) is 13.8 Å². The molecule has 5 nitrogen and oxygen atoms in total. The first-order chi connectivity index (χ1) is 11.1. The molecule has 1 saturated carbocycles. The highest BCUT2D eigenvalue weighted by Gasteiger charge is 2.69. The summed E-state index contributed by atoms with van der Waals surface area (Å²) in [7, 11) is 0. The first-order valence-corrected chi connectivity index (χ1v) is 7.55. The van der Waals surface area contributed by atoms with Crippen molar-refractivity contribution in [1.29, 1.82) is 0 Å². The molecule has 1 aromatic rings. The zero-order chi connectivity index (χ0) is 17.8. The molecule has 24 heavy (non-hydrogen) atoms. The monoisotopic (exact) mass is 342 g/mol. The van der Waals surface area contributed by atoms with Crippen LogP contribution in [0.25, 0.3) is 0 Å². The molecule has 1 aliphatic carbocycles. The highest BCUT2D eigenvalue weighted by atomic mass is 19.1. The summed E-state index contributed by atoms with van der Waals surface area (Å²) < 4.78 is 40.0. The van der Waals surface area contributed by atoms with E-state index in [0.717, 1.165) is 0 Å². The molecule has 2 fully saturated rings. The number of aliphatic carboxylic acids is 1. The van der Waals surface area contributed by atoms with Crippen molar-refractivity contribution in [3.63, 3.8) is 0 Å². The zero-order valence-electron chi connectivity index (χ0n) is 13.1. The van der Waals surface area contributed by atoms with Crippen LogP contribution in [-0.4, -0.2) is 41.0 Å². The van der Waals surface area contributed by atoms with Gasteiger partial charge in [0.15, 0.2) is 11.6 Å². The smallest absolute Gasteiger partial charge is 0.326 e. The Balaban J connectivity index is 1.69. The van der Waals surface area contributed by atoms with Crippen molar-refractivity contribution in [2.75, 3.05) is 18.4 Å². The van der Waals surface area contributed by atoms with E-state index in [0.29, 0.717) is 18.7 Å². The predicted molar refractivity (Wildman–Crippen MR) is 78.7 cm³/mol. The standard InChI is InChI=1S/C16H17F3N2O3/c1-16(2)8-6-21(14(12(8)16)15(23)24)11(22)5-20-13-9(18)3-7(17)4-10(13)19/h3-4,8,12,14,20H,5-6H2,1-2H3,(H,23,24)/t8-,12-,14-/m0/s1. The Labute approximate surface area is 136 Å². The number of halogens is 3. The molecule has 1 aliphatic heterocycles. The number of rotatable bonds is 4. The molecule has 0 bridgehead atoms. The number of nitrogens with zero attached hydrogens (tertiary/aromatic N) is 1. The number of hydrogen-bond acceptors (Lipinski definition) is 3. The summed E-state index contributed by atoms with van der Waals surface area (Å²) in [5.74, 6) is -5.01. The lowest BCUT2D eigenvalue weighted by atomic mass is 10.0. The summed E-state index contributed by atoms with van der Waals surface area (Å²) in [5, 5.41) is 11.7. The average molecular weight is 342 g/mol. The lowest BCUT2D eigenvalue weighted by Crippen LogP contribution is -2.47. The molecule has 130 valence electrons. The van der Waals surface area contributed by atoms with Gasteiger partial charge < -0.3 is 15.3 Å². The maximum Gasteiger partial charge on any atom is 0.326 e. The van der Waals surface area contributed by atoms with Gasteiger partial charge in [0.2, 0.25) is 5.91 Å². The van der Waals surface area contributed by atoms with Gasteiger partial charge in [-0.3, -0.25) is 4.79 Å². The molecule has 2 aliphatic rings. The fraction of sp³-hybridized carbons (Fsp3) is 0.500.